The molecule has 1 fully saturated rings. The summed E-state index contributed by atoms with van der Waals surface area (Å²) in [7, 11) is 1.61. The predicted octanol–water partition coefficient (Wildman–Crippen LogP) is 3.15. The molecule has 2 aliphatic heterocycles. The molecule has 1 aliphatic carbocycles. The fourth-order valence-electron chi connectivity index (χ4n) is 4.56. The molecule has 6 heteroatoms. The van der Waals surface area contributed by atoms with Crippen LogP contribution < -0.4 is 9.47 Å². The minimum Gasteiger partial charge on any atom is -0.496 e. The number of carboxylic acid groups (broad SMARTS) is 1. The van der Waals surface area contributed by atoms with Crippen molar-refractivity contribution in [1.29, 1.82) is 0 Å². The van der Waals surface area contributed by atoms with Gasteiger partial charge in [0.15, 0.2) is 5.76 Å². The van der Waals surface area contributed by atoms with Gasteiger partial charge < -0.3 is 19.5 Å². The van der Waals surface area contributed by atoms with Crippen LogP contribution in [0, 0.1) is 5.92 Å². The minimum atomic E-state index is -0.927. The molecular weight excluding hydrogens is 346 g/mol. The number of rotatable bonds is 5. The van der Waals surface area contributed by atoms with Crippen LogP contribution in [0.2, 0.25) is 0 Å². The Morgan fingerprint density at radius 2 is 2.11 bits per heavy atom. The smallest absolute Gasteiger partial charge is 0.326 e. The van der Waals surface area contributed by atoms with Crippen molar-refractivity contribution in [2.75, 3.05) is 13.7 Å². The highest BCUT2D eigenvalue weighted by Gasteiger charge is 2.42. The lowest BCUT2D eigenvalue weighted by molar-refractivity contribution is -0.149. The van der Waals surface area contributed by atoms with Crippen LogP contribution in [-0.2, 0) is 16.0 Å². The number of fused-ring (bicyclic) bond motifs is 1. The molecule has 1 unspecified atom stereocenters. The van der Waals surface area contributed by atoms with Gasteiger partial charge in [-0.05, 0) is 24.5 Å². The maximum Gasteiger partial charge on any atom is 0.326 e. The second-order valence-electron chi connectivity index (χ2n) is 7.68. The summed E-state index contributed by atoms with van der Waals surface area (Å²) in [5, 5.41) is 9.80. The van der Waals surface area contributed by atoms with Gasteiger partial charge in [-0.2, -0.15) is 0 Å². The van der Waals surface area contributed by atoms with Gasteiger partial charge >= 0.3 is 5.97 Å². The van der Waals surface area contributed by atoms with Crippen molar-refractivity contribution >= 4 is 11.9 Å². The molecule has 0 saturated heterocycles. The first-order valence-corrected chi connectivity index (χ1v) is 9.68. The first-order chi connectivity index (χ1) is 13.1. The van der Waals surface area contributed by atoms with Gasteiger partial charge in [-0.1, -0.05) is 38.2 Å². The molecule has 0 aromatic heterocycles. The zero-order valence-corrected chi connectivity index (χ0v) is 15.6. The zero-order chi connectivity index (χ0) is 19.0. The van der Waals surface area contributed by atoms with E-state index in [1.165, 1.54) is 11.3 Å². The van der Waals surface area contributed by atoms with Crippen molar-refractivity contribution in [1.82, 2.24) is 4.90 Å². The minimum absolute atomic E-state index is 0.297. The lowest BCUT2D eigenvalue weighted by Gasteiger charge is -2.30. The molecule has 0 bridgehead atoms. The largest absolute Gasteiger partial charge is 0.496 e. The lowest BCUT2D eigenvalue weighted by atomic mass is 9.84. The van der Waals surface area contributed by atoms with E-state index in [9.17, 15) is 14.7 Å². The molecule has 1 amide bonds. The highest BCUT2D eigenvalue weighted by molar-refractivity contribution is 5.98. The maximum atomic E-state index is 12.9. The van der Waals surface area contributed by atoms with Crippen molar-refractivity contribution in [3.05, 3.63) is 35.1 Å². The summed E-state index contributed by atoms with van der Waals surface area (Å²) in [5.41, 5.74) is 1.75. The van der Waals surface area contributed by atoms with Crippen molar-refractivity contribution in [3.8, 4) is 11.5 Å². The second-order valence-corrected chi connectivity index (χ2v) is 7.68. The van der Waals surface area contributed by atoms with Gasteiger partial charge in [-0.15, -0.1) is 0 Å². The summed E-state index contributed by atoms with van der Waals surface area (Å²) in [5.74, 6) is 0.782. The quantitative estimate of drug-likeness (QED) is 0.860. The zero-order valence-electron chi connectivity index (χ0n) is 15.6. The first-order valence-electron chi connectivity index (χ1n) is 9.68. The third-order valence-corrected chi connectivity index (χ3v) is 5.99. The fourth-order valence-corrected chi connectivity index (χ4v) is 4.56. The van der Waals surface area contributed by atoms with Crippen LogP contribution >= 0.6 is 0 Å². The number of aliphatic carboxylic acids is 1. The molecule has 1 N–H and O–H groups in total. The monoisotopic (exact) mass is 371 g/mol. The average molecular weight is 371 g/mol. The summed E-state index contributed by atoms with van der Waals surface area (Å²) in [4.78, 5) is 26.4. The molecule has 0 radical (unpaired) electrons. The predicted molar refractivity (Wildman–Crippen MR) is 98.7 cm³/mol. The van der Waals surface area contributed by atoms with Gasteiger partial charge in [0.05, 0.1) is 7.11 Å². The molecule has 4 rings (SSSR count). The number of methoxy groups -OCH3 is 1. The van der Waals surface area contributed by atoms with E-state index in [2.05, 4.69) is 0 Å². The normalized spacial score (nSPS) is 20.8. The molecule has 144 valence electrons. The number of hydrogen-bond donors (Lipinski definition) is 1. The van der Waals surface area contributed by atoms with Crippen LogP contribution in [0.15, 0.2) is 29.5 Å². The Balaban J connectivity index is 1.54. The number of carbonyl (C=O) groups excluding carboxylic acids is 1. The van der Waals surface area contributed by atoms with E-state index in [-0.39, 0.29) is 5.91 Å². The van der Waals surface area contributed by atoms with E-state index < -0.39 is 12.0 Å². The van der Waals surface area contributed by atoms with Crippen LogP contribution in [0.4, 0.5) is 0 Å². The van der Waals surface area contributed by atoms with Crippen LogP contribution in [0.5, 0.6) is 11.5 Å². The lowest BCUT2D eigenvalue weighted by Crippen LogP contribution is -2.44. The Morgan fingerprint density at radius 1 is 1.33 bits per heavy atom. The van der Waals surface area contributed by atoms with Crippen molar-refractivity contribution in [3.63, 3.8) is 0 Å². The van der Waals surface area contributed by atoms with Gasteiger partial charge in [0.25, 0.3) is 5.91 Å². The number of benzene rings is 1. The van der Waals surface area contributed by atoms with E-state index in [1.54, 1.807) is 7.11 Å². The van der Waals surface area contributed by atoms with Crippen molar-refractivity contribution in [2.24, 2.45) is 5.92 Å². The summed E-state index contributed by atoms with van der Waals surface area (Å²) < 4.78 is 11.3. The number of amides is 1. The highest BCUT2D eigenvalue weighted by Crippen LogP contribution is 2.40. The van der Waals surface area contributed by atoms with Gasteiger partial charge in [0, 0.05) is 24.1 Å². The number of carboxylic acids is 1. The Kier molecular flexibility index (Phi) is 4.81. The summed E-state index contributed by atoms with van der Waals surface area (Å²) in [6, 6.07) is 4.71. The maximum absolute atomic E-state index is 12.9. The third kappa shape index (κ3) is 3.29. The van der Waals surface area contributed by atoms with Gasteiger partial charge in [0.2, 0.25) is 0 Å². The number of carbonyl (C=O) groups is 2. The summed E-state index contributed by atoms with van der Waals surface area (Å²) in [6.07, 6.45) is 6.71. The van der Waals surface area contributed by atoms with Crippen molar-refractivity contribution in [2.45, 2.75) is 51.0 Å². The average Bonchev–Trinajstić information content (AvgIpc) is 3.00. The van der Waals surface area contributed by atoms with Crippen LogP contribution in [0.1, 0.15) is 44.1 Å². The summed E-state index contributed by atoms with van der Waals surface area (Å²) in [6.45, 7) is 0.315. The number of ether oxygens (including phenoxy) is 2. The third-order valence-electron chi connectivity index (χ3n) is 5.99. The van der Waals surface area contributed by atoms with E-state index in [0.717, 1.165) is 42.6 Å². The van der Waals surface area contributed by atoms with E-state index in [1.807, 2.05) is 18.2 Å². The molecule has 1 saturated carbocycles. The second kappa shape index (κ2) is 7.25. The van der Waals surface area contributed by atoms with Crippen LogP contribution in [0.3, 0.4) is 0 Å². The molecule has 0 spiro atoms. The molecule has 27 heavy (non-hydrogen) atoms. The molecule has 6 nitrogen and oxygen atoms in total. The number of hydrogen-bond acceptors (Lipinski definition) is 4. The molecule has 1 aromatic carbocycles. The number of nitrogens with zero attached hydrogens (tertiary/aromatic N) is 1. The fraction of sp³-hybridized carbons (Fsp3) is 0.524. The Hall–Kier alpha value is -2.50. The SMILES string of the molecule is COc1cccc2c1CC1=C(O2)C(=O)N(C(CC2CCCCC2)C(=O)O)C1. The van der Waals surface area contributed by atoms with E-state index in [0.29, 0.717) is 36.8 Å². The Labute approximate surface area is 158 Å². The van der Waals surface area contributed by atoms with Crippen LogP contribution in [0.25, 0.3) is 0 Å². The van der Waals surface area contributed by atoms with Gasteiger partial charge in [-0.25, -0.2) is 4.79 Å². The van der Waals surface area contributed by atoms with Gasteiger partial charge in [0.1, 0.15) is 17.5 Å². The van der Waals surface area contributed by atoms with Crippen molar-refractivity contribution < 1.29 is 24.2 Å². The molecular formula is C21H25NO5. The summed E-state index contributed by atoms with van der Waals surface area (Å²) >= 11 is 0. The molecule has 3 aliphatic rings. The topological polar surface area (TPSA) is 76.1 Å². The standard InChI is InChI=1S/C21H25NO5/c1-26-17-8-5-9-18-15(17)11-14-12-22(20(23)19(14)27-18)16(21(24)25)10-13-6-3-2-4-7-13/h5,8-9,13,16H,2-4,6-7,10-12H2,1H3,(H,24,25). The molecule has 1 aromatic rings. The Morgan fingerprint density at radius 3 is 2.81 bits per heavy atom. The van der Waals surface area contributed by atoms with Crippen LogP contribution in [-0.4, -0.2) is 41.6 Å². The van der Waals surface area contributed by atoms with E-state index in [4.69, 9.17) is 9.47 Å². The molecule has 1 atom stereocenters. The molecule has 2 heterocycles. The first kappa shape index (κ1) is 17.9. The van der Waals surface area contributed by atoms with Gasteiger partial charge in [-0.3, -0.25) is 4.79 Å². The highest BCUT2D eigenvalue weighted by atomic mass is 16.5. The van der Waals surface area contributed by atoms with E-state index >= 15 is 0 Å². The Bertz CT molecular complexity index is 794.